The molecule has 0 bridgehead atoms. The van der Waals surface area contributed by atoms with Crippen molar-refractivity contribution in [2.75, 3.05) is 13.2 Å². The molecule has 0 N–H and O–H groups in total. The molecule has 8 heteroatoms. The van der Waals surface area contributed by atoms with Crippen LogP contribution < -0.4 is 0 Å². The van der Waals surface area contributed by atoms with Gasteiger partial charge in [-0.2, -0.15) is 50.5 Å². The van der Waals surface area contributed by atoms with Gasteiger partial charge >= 0.3 is 11.9 Å². The Bertz CT molecular complexity index is 238. The van der Waals surface area contributed by atoms with Crippen molar-refractivity contribution in [2.45, 2.75) is 22.0 Å². The third-order valence-electron chi connectivity index (χ3n) is 1.32. The lowest BCUT2D eigenvalue weighted by Crippen LogP contribution is -2.29. The van der Waals surface area contributed by atoms with Crippen LogP contribution >= 0.6 is 50.5 Å². The molecule has 0 aromatic heterocycles. The lowest BCUT2D eigenvalue weighted by molar-refractivity contribution is -0.152. The van der Waals surface area contributed by atoms with Crippen molar-refractivity contribution >= 4 is 62.5 Å². The Hall–Kier alpha value is 0.340. The summed E-state index contributed by atoms with van der Waals surface area (Å²) in [7, 11) is 0. The van der Waals surface area contributed by atoms with Gasteiger partial charge in [-0.3, -0.25) is 0 Å². The van der Waals surface area contributed by atoms with Crippen molar-refractivity contribution in [3.8, 4) is 0 Å². The fraction of sp³-hybridized carbons (Fsp3) is 0.750. The van der Waals surface area contributed by atoms with E-state index < -0.39 is 20.1 Å². The molecule has 0 rings (SSSR count). The van der Waals surface area contributed by atoms with E-state index in [1.165, 1.54) is 13.8 Å². The fourth-order valence-corrected chi connectivity index (χ4v) is 0.800. The highest BCUT2D eigenvalue weighted by Gasteiger charge is 2.27. The first-order chi connectivity index (χ1) is 7.05. The normalized spacial score (nSPS) is 12.1. The summed E-state index contributed by atoms with van der Waals surface area (Å²) in [5.41, 5.74) is 0. The number of carbonyl (C=O) groups is 2. The first-order valence-electron chi connectivity index (χ1n) is 4.29. The van der Waals surface area contributed by atoms with Crippen molar-refractivity contribution < 1.29 is 19.1 Å². The van der Waals surface area contributed by atoms with Gasteiger partial charge in [-0.05, 0) is 13.8 Å². The zero-order valence-corrected chi connectivity index (χ0v) is 12.4. The second kappa shape index (κ2) is 6.32. The highest BCUT2D eigenvalue weighted by atomic mass is 32.2. The second-order valence-corrected chi connectivity index (χ2v) is 7.60. The molecule has 0 fully saturated rings. The molecular weight excluding hydrogens is 288 g/mol. The van der Waals surface area contributed by atoms with E-state index in [0.717, 1.165) is 0 Å². The van der Waals surface area contributed by atoms with Crippen LogP contribution in [0.15, 0.2) is 0 Å². The van der Waals surface area contributed by atoms with Gasteiger partial charge in [0.05, 0.1) is 0 Å². The molecule has 0 amide bonds. The number of ether oxygens (including phenoxy) is 2. The van der Waals surface area contributed by atoms with Crippen LogP contribution in [0.3, 0.4) is 0 Å². The quantitative estimate of drug-likeness (QED) is 0.267. The minimum Gasteiger partial charge on any atom is -0.460 e. The Morgan fingerprint density at radius 2 is 1.12 bits per heavy atom. The average Bonchev–Trinajstić information content (AvgIpc) is 2.08. The van der Waals surface area contributed by atoms with E-state index >= 15 is 0 Å². The minimum atomic E-state index is -1.16. The van der Waals surface area contributed by atoms with E-state index in [4.69, 9.17) is 9.47 Å². The monoisotopic (exact) mass is 302 g/mol. The molecule has 0 saturated heterocycles. The third kappa shape index (κ3) is 6.82. The van der Waals surface area contributed by atoms with E-state index in [-0.39, 0.29) is 13.2 Å². The van der Waals surface area contributed by atoms with Crippen LogP contribution in [0.2, 0.25) is 0 Å². The smallest absolute Gasteiger partial charge is 0.331 e. The molecule has 0 heterocycles. The number of hydrogen-bond donors (Lipinski definition) is 4. The van der Waals surface area contributed by atoms with Crippen LogP contribution in [0.4, 0.5) is 0 Å². The zero-order chi connectivity index (χ0) is 13.0. The van der Waals surface area contributed by atoms with Crippen molar-refractivity contribution in [1.29, 1.82) is 0 Å². The van der Waals surface area contributed by atoms with Gasteiger partial charge in [-0.15, -0.1) is 0 Å². The predicted molar refractivity (Wildman–Crippen MR) is 74.7 cm³/mol. The van der Waals surface area contributed by atoms with Crippen molar-refractivity contribution in [3.05, 3.63) is 0 Å². The molecule has 16 heavy (non-hydrogen) atoms. The maximum absolute atomic E-state index is 11.2. The maximum atomic E-state index is 11.2. The SMILES string of the molecule is CC(S)(S)C(=O)OCCOC(=O)C(C)(S)S. The van der Waals surface area contributed by atoms with Crippen LogP contribution in [0.25, 0.3) is 0 Å². The van der Waals surface area contributed by atoms with Crippen LogP contribution in [0.1, 0.15) is 13.8 Å². The highest BCUT2D eigenvalue weighted by molar-refractivity contribution is 8.02. The topological polar surface area (TPSA) is 52.6 Å². The average molecular weight is 302 g/mol. The standard InChI is InChI=1S/C8H14O4S4/c1-7(13,14)5(9)11-3-4-12-6(10)8(2,15)16/h13-16H,3-4H2,1-2H3. The first kappa shape index (κ1) is 16.3. The predicted octanol–water partition coefficient (Wildman–Crippen LogP) is 1.22. The van der Waals surface area contributed by atoms with E-state index in [9.17, 15) is 9.59 Å². The first-order valence-corrected chi connectivity index (χ1v) is 6.08. The van der Waals surface area contributed by atoms with Gasteiger partial charge in [0.2, 0.25) is 0 Å². The Morgan fingerprint density at radius 3 is 1.31 bits per heavy atom. The summed E-state index contributed by atoms with van der Waals surface area (Å²) >= 11 is 15.6. The largest absolute Gasteiger partial charge is 0.460 e. The molecule has 94 valence electrons. The van der Waals surface area contributed by atoms with Gasteiger partial charge in [0.15, 0.2) is 8.16 Å². The van der Waals surface area contributed by atoms with Gasteiger partial charge in [-0.1, -0.05) is 0 Å². The second-order valence-electron chi connectivity index (χ2n) is 3.31. The van der Waals surface area contributed by atoms with Crippen molar-refractivity contribution in [2.24, 2.45) is 0 Å². The Balaban J connectivity index is 3.79. The molecule has 0 saturated carbocycles. The lowest BCUT2D eigenvalue weighted by Gasteiger charge is -2.17. The van der Waals surface area contributed by atoms with Crippen LogP contribution in [-0.2, 0) is 19.1 Å². The molecule has 0 radical (unpaired) electrons. The molecule has 0 aromatic rings. The van der Waals surface area contributed by atoms with Gasteiger partial charge in [0.1, 0.15) is 13.2 Å². The minimum absolute atomic E-state index is 0.0566. The summed E-state index contributed by atoms with van der Waals surface area (Å²) in [5.74, 6) is -1.20. The molecule has 0 aliphatic rings. The lowest BCUT2D eigenvalue weighted by atomic mass is 10.4. The van der Waals surface area contributed by atoms with Gasteiger partial charge in [0, 0.05) is 0 Å². The van der Waals surface area contributed by atoms with Gasteiger partial charge in [0.25, 0.3) is 0 Å². The molecule has 0 aliphatic carbocycles. The zero-order valence-electron chi connectivity index (χ0n) is 8.84. The summed E-state index contributed by atoms with van der Waals surface area (Å²) < 4.78 is 7.18. The Morgan fingerprint density at radius 1 is 0.875 bits per heavy atom. The van der Waals surface area contributed by atoms with Crippen molar-refractivity contribution in [3.63, 3.8) is 0 Å². The molecule has 0 spiro atoms. The van der Waals surface area contributed by atoms with Crippen LogP contribution in [-0.4, -0.2) is 33.3 Å². The van der Waals surface area contributed by atoms with Gasteiger partial charge < -0.3 is 9.47 Å². The summed E-state index contributed by atoms with van der Waals surface area (Å²) in [6.07, 6.45) is 0. The van der Waals surface area contributed by atoms with Crippen LogP contribution in [0, 0.1) is 0 Å². The maximum Gasteiger partial charge on any atom is 0.331 e. The molecule has 0 aromatic carbocycles. The van der Waals surface area contributed by atoms with Crippen LogP contribution in [0.5, 0.6) is 0 Å². The van der Waals surface area contributed by atoms with Crippen molar-refractivity contribution in [1.82, 2.24) is 0 Å². The third-order valence-corrected chi connectivity index (χ3v) is 2.05. The molecular formula is C8H14O4S4. The number of thiol groups is 4. The molecule has 0 atom stereocenters. The summed E-state index contributed by atoms with van der Waals surface area (Å²) in [5, 5.41) is 0. The molecule has 4 nitrogen and oxygen atoms in total. The molecule has 0 unspecified atom stereocenters. The van der Waals surface area contributed by atoms with E-state index in [1.807, 2.05) is 0 Å². The summed E-state index contributed by atoms with van der Waals surface area (Å²) in [6.45, 7) is 2.84. The highest BCUT2D eigenvalue weighted by Crippen LogP contribution is 2.21. The van der Waals surface area contributed by atoms with E-state index in [2.05, 4.69) is 50.5 Å². The summed E-state index contributed by atoms with van der Waals surface area (Å²) in [6, 6.07) is 0. The fourth-order valence-electron chi connectivity index (χ4n) is 0.542. The summed E-state index contributed by atoms with van der Waals surface area (Å²) in [4.78, 5) is 22.3. The number of rotatable bonds is 5. The van der Waals surface area contributed by atoms with Gasteiger partial charge in [-0.25, -0.2) is 9.59 Å². The van der Waals surface area contributed by atoms with E-state index in [0.29, 0.717) is 0 Å². The number of carbonyl (C=O) groups excluding carboxylic acids is 2. The van der Waals surface area contributed by atoms with E-state index in [1.54, 1.807) is 0 Å². The Kier molecular flexibility index (Phi) is 6.45. The number of hydrogen-bond acceptors (Lipinski definition) is 8. The number of esters is 2. The Labute approximate surface area is 116 Å². The molecule has 0 aliphatic heterocycles.